The SMILES string of the molecule is Cc1cc(NC(=O)CN(C)Cc2ccc(Cl)c(Cl)c2)no1. The summed E-state index contributed by atoms with van der Waals surface area (Å²) in [5.41, 5.74) is 0.983. The van der Waals surface area contributed by atoms with Crippen molar-refractivity contribution in [3.05, 3.63) is 45.6 Å². The van der Waals surface area contributed by atoms with Crippen molar-refractivity contribution in [2.24, 2.45) is 0 Å². The lowest BCUT2D eigenvalue weighted by Gasteiger charge is -2.16. The highest BCUT2D eigenvalue weighted by molar-refractivity contribution is 6.42. The average Bonchev–Trinajstić information content (AvgIpc) is 2.79. The largest absolute Gasteiger partial charge is 0.360 e. The molecule has 0 fully saturated rings. The van der Waals surface area contributed by atoms with Crippen LogP contribution in [0.15, 0.2) is 28.8 Å². The molecule has 21 heavy (non-hydrogen) atoms. The Balaban J connectivity index is 1.87. The van der Waals surface area contributed by atoms with Crippen molar-refractivity contribution in [1.82, 2.24) is 10.1 Å². The predicted octanol–water partition coefficient (Wildman–Crippen LogP) is 3.36. The van der Waals surface area contributed by atoms with Gasteiger partial charge in [0.15, 0.2) is 5.82 Å². The van der Waals surface area contributed by atoms with Gasteiger partial charge in [0, 0.05) is 12.6 Å². The minimum atomic E-state index is -0.161. The van der Waals surface area contributed by atoms with E-state index in [0.29, 0.717) is 28.2 Å². The molecule has 1 N–H and O–H groups in total. The van der Waals surface area contributed by atoms with Crippen LogP contribution in [0.4, 0.5) is 5.82 Å². The van der Waals surface area contributed by atoms with Crippen LogP contribution >= 0.6 is 23.2 Å². The van der Waals surface area contributed by atoms with Gasteiger partial charge < -0.3 is 9.84 Å². The second kappa shape index (κ2) is 6.93. The fourth-order valence-electron chi connectivity index (χ4n) is 1.86. The summed E-state index contributed by atoms with van der Waals surface area (Å²) in [4.78, 5) is 13.7. The van der Waals surface area contributed by atoms with Crippen LogP contribution in [0.3, 0.4) is 0 Å². The molecule has 2 aromatic rings. The van der Waals surface area contributed by atoms with Crippen LogP contribution in [-0.4, -0.2) is 29.6 Å². The molecular weight excluding hydrogens is 313 g/mol. The van der Waals surface area contributed by atoms with Gasteiger partial charge in [-0.1, -0.05) is 34.4 Å². The van der Waals surface area contributed by atoms with Crippen molar-refractivity contribution in [2.75, 3.05) is 18.9 Å². The molecule has 0 aliphatic heterocycles. The number of carbonyl (C=O) groups excluding carboxylic acids is 1. The highest BCUT2D eigenvalue weighted by Gasteiger charge is 2.10. The van der Waals surface area contributed by atoms with E-state index in [0.717, 1.165) is 5.56 Å². The molecule has 0 aliphatic rings. The maximum absolute atomic E-state index is 11.9. The molecule has 0 aliphatic carbocycles. The van der Waals surface area contributed by atoms with Gasteiger partial charge in [-0.2, -0.15) is 0 Å². The lowest BCUT2D eigenvalue weighted by atomic mass is 10.2. The molecule has 0 saturated carbocycles. The number of nitrogens with zero attached hydrogens (tertiary/aromatic N) is 2. The first-order valence-electron chi connectivity index (χ1n) is 6.29. The Hall–Kier alpha value is -1.56. The van der Waals surface area contributed by atoms with Crippen LogP contribution < -0.4 is 5.32 Å². The molecule has 0 saturated heterocycles. The monoisotopic (exact) mass is 327 g/mol. The zero-order valence-corrected chi connectivity index (χ0v) is 13.2. The highest BCUT2D eigenvalue weighted by atomic mass is 35.5. The Morgan fingerprint density at radius 2 is 2.10 bits per heavy atom. The molecule has 0 spiro atoms. The first kappa shape index (κ1) is 15.8. The van der Waals surface area contributed by atoms with E-state index in [1.54, 1.807) is 25.1 Å². The van der Waals surface area contributed by atoms with Crippen LogP contribution in [0, 0.1) is 6.92 Å². The van der Waals surface area contributed by atoms with Crippen molar-refractivity contribution in [3.8, 4) is 0 Å². The summed E-state index contributed by atoms with van der Waals surface area (Å²) in [6.45, 7) is 2.58. The van der Waals surface area contributed by atoms with Crippen LogP contribution in [0.5, 0.6) is 0 Å². The third-order valence-corrected chi connectivity index (χ3v) is 3.48. The Bertz CT molecular complexity index is 643. The number of aromatic nitrogens is 1. The molecule has 0 atom stereocenters. The molecule has 1 aromatic carbocycles. The molecule has 1 heterocycles. The topological polar surface area (TPSA) is 58.4 Å². The number of likely N-dealkylation sites (N-methyl/N-ethyl adjacent to an activating group) is 1. The van der Waals surface area contributed by atoms with Gasteiger partial charge in [-0.3, -0.25) is 9.69 Å². The summed E-state index contributed by atoms with van der Waals surface area (Å²) in [5.74, 6) is 0.903. The molecule has 2 rings (SSSR count). The average molecular weight is 328 g/mol. The van der Waals surface area contributed by atoms with Gasteiger partial charge in [-0.25, -0.2) is 0 Å². The number of benzene rings is 1. The van der Waals surface area contributed by atoms with E-state index in [-0.39, 0.29) is 12.5 Å². The number of amides is 1. The van der Waals surface area contributed by atoms with Crippen LogP contribution in [-0.2, 0) is 11.3 Å². The number of hydrogen-bond acceptors (Lipinski definition) is 4. The summed E-state index contributed by atoms with van der Waals surface area (Å²) in [7, 11) is 1.84. The first-order valence-corrected chi connectivity index (χ1v) is 7.05. The van der Waals surface area contributed by atoms with E-state index >= 15 is 0 Å². The maximum atomic E-state index is 11.9. The van der Waals surface area contributed by atoms with Crippen LogP contribution in [0.25, 0.3) is 0 Å². The summed E-state index contributed by atoms with van der Waals surface area (Å²) in [6.07, 6.45) is 0. The lowest BCUT2D eigenvalue weighted by molar-refractivity contribution is -0.117. The first-order chi connectivity index (χ1) is 9.94. The minimum Gasteiger partial charge on any atom is -0.360 e. The molecule has 112 valence electrons. The van der Waals surface area contributed by atoms with E-state index in [2.05, 4.69) is 10.5 Å². The maximum Gasteiger partial charge on any atom is 0.239 e. The van der Waals surface area contributed by atoms with Gasteiger partial charge >= 0.3 is 0 Å². The third kappa shape index (κ3) is 4.74. The minimum absolute atomic E-state index is 0.161. The van der Waals surface area contributed by atoms with E-state index in [4.69, 9.17) is 27.7 Å². The zero-order chi connectivity index (χ0) is 15.4. The highest BCUT2D eigenvalue weighted by Crippen LogP contribution is 2.23. The molecule has 0 radical (unpaired) electrons. The van der Waals surface area contributed by atoms with Gasteiger partial charge in [0.25, 0.3) is 0 Å². The number of carbonyl (C=O) groups is 1. The normalized spacial score (nSPS) is 10.9. The smallest absolute Gasteiger partial charge is 0.239 e. The van der Waals surface area contributed by atoms with Crippen molar-refractivity contribution in [1.29, 1.82) is 0 Å². The molecule has 7 heteroatoms. The number of aryl methyl sites for hydroxylation is 1. The Labute approximate surface area is 132 Å². The Morgan fingerprint density at radius 1 is 1.33 bits per heavy atom. The zero-order valence-electron chi connectivity index (χ0n) is 11.7. The second-order valence-corrected chi connectivity index (χ2v) is 5.61. The van der Waals surface area contributed by atoms with Gasteiger partial charge in [-0.05, 0) is 31.7 Å². The van der Waals surface area contributed by atoms with E-state index in [9.17, 15) is 4.79 Å². The third-order valence-electron chi connectivity index (χ3n) is 2.75. The second-order valence-electron chi connectivity index (χ2n) is 4.79. The lowest BCUT2D eigenvalue weighted by Crippen LogP contribution is -2.29. The predicted molar refractivity (Wildman–Crippen MR) is 82.7 cm³/mol. The molecular formula is C14H15Cl2N3O2. The van der Waals surface area contributed by atoms with Gasteiger partial charge in [-0.15, -0.1) is 0 Å². The molecule has 1 amide bonds. The number of rotatable bonds is 5. The summed E-state index contributed by atoms with van der Waals surface area (Å²) in [5, 5.41) is 7.40. The van der Waals surface area contributed by atoms with E-state index < -0.39 is 0 Å². The molecule has 1 aromatic heterocycles. The number of halogens is 2. The van der Waals surface area contributed by atoms with Gasteiger partial charge in [0.2, 0.25) is 5.91 Å². The number of anilines is 1. The molecule has 5 nitrogen and oxygen atoms in total. The van der Waals surface area contributed by atoms with Crippen LogP contribution in [0.2, 0.25) is 10.0 Å². The van der Waals surface area contributed by atoms with E-state index in [1.807, 2.05) is 18.0 Å². The Morgan fingerprint density at radius 3 is 2.71 bits per heavy atom. The molecule has 0 bridgehead atoms. The van der Waals surface area contributed by atoms with Crippen molar-refractivity contribution >= 4 is 34.9 Å². The number of hydrogen-bond donors (Lipinski definition) is 1. The van der Waals surface area contributed by atoms with Crippen LogP contribution in [0.1, 0.15) is 11.3 Å². The van der Waals surface area contributed by atoms with Crippen molar-refractivity contribution in [3.63, 3.8) is 0 Å². The summed E-state index contributed by atoms with van der Waals surface area (Å²) >= 11 is 11.8. The quantitative estimate of drug-likeness (QED) is 0.914. The van der Waals surface area contributed by atoms with Crippen molar-refractivity contribution < 1.29 is 9.32 Å². The summed E-state index contributed by atoms with van der Waals surface area (Å²) in [6, 6.07) is 7.07. The Kier molecular flexibility index (Phi) is 5.22. The van der Waals surface area contributed by atoms with E-state index in [1.165, 1.54) is 0 Å². The van der Waals surface area contributed by atoms with Crippen molar-refractivity contribution in [2.45, 2.75) is 13.5 Å². The fraction of sp³-hybridized carbons (Fsp3) is 0.286. The molecule has 0 unspecified atom stereocenters. The van der Waals surface area contributed by atoms with Gasteiger partial charge in [0.05, 0.1) is 16.6 Å². The summed E-state index contributed by atoms with van der Waals surface area (Å²) < 4.78 is 4.88. The fourth-order valence-corrected chi connectivity index (χ4v) is 2.18. The number of nitrogens with one attached hydrogen (secondary N) is 1. The standard InChI is InChI=1S/C14H15Cl2N3O2/c1-9-5-13(18-21-9)17-14(20)8-19(2)7-10-3-4-11(15)12(16)6-10/h3-6H,7-8H2,1-2H3,(H,17,18,20). The van der Waals surface area contributed by atoms with Gasteiger partial charge in [0.1, 0.15) is 5.76 Å².